The standard InChI is InChI=1S/C16H24N2O2/c1-11-9-13(3)14(10-12(11)2)15(16(19)20-4)18-7-5-17-6-8-18/h9-10,15,17H,5-8H2,1-4H3. The van der Waals surface area contributed by atoms with Gasteiger partial charge in [0, 0.05) is 26.2 Å². The molecule has 0 spiro atoms. The molecule has 0 saturated carbocycles. The molecule has 20 heavy (non-hydrogen) atoms. The number of rotatable bonds is 3. The summed E-state index contributed by atoms with van der Waals surface area (Å²) in [7, 11) is 1.47. The predicted octanol–water partition coefficient (Wildman–Crippen LogP) is 1.73. The second-order valence-corrected chi connectivity index (χ2v) is 5.50. The first kappa shape index (κ1) is 15.0. The average Bonchev–Trinajstić information content (AvgIpc) is 2.45. The number of nitrogens with one attached hydrogen (secondary N) is 1. The van der Waals surface area contributed by atoms with Gasteiger partial charge in [-0.2, -0.15) is 0 Å². The van der Waals surface area contributed by atoms with Crippen molar-refractivity contribution in [3.05, 3.63) is 34.4 Å². The molecule has 1 atom stereocenters. The molecule has 1 aromatic rings. The zero-order valence-electron chi connectivity index (χ0n) is 12.8. The van der Waals surface area contributed by atoms with Gasteiger partial charge < -0.3 is 10.1 Å². The van der Waals surface area contributed by atoms with Crippen LogP contribution in [-0.4, -0.2) is 44.2 Å². The van der Waals surface area contributed by atoms with Crippen LogP contribution in [0.2, 0.25) is 0 Å². The summed E-state index contributed by atoms with van der Waals surface area (Å²) >= 11 is 0. The lowest BCUT2D eigenvalue weighted by molar-refractivity contribution is -0.147. The van der Waals surface area contributed by atoms with E-state index in [0.717, 1.165) is 37.3 Å². The van der Waals surface area contributed by atoms with Crippen molar-refractivity contribution < 1.29 is 9.53 Å². The topological polar surface area (TPSA) is 41.6 Å². The van der Waals surface area contributed by atoms with E-state index in [1.165, 1.54) is 18.2 Å². The number of aryl methyl sites for hydroxylation is 3. The minimum Gasteiger partial charge on any atom is -0.468 e. The Hall–Kier alpha value is -1.39. The van der Waals surface area contributed by atoms with Gasteiger partial charge in [-0.1, -0.05) is 12.1 Å². The van der Waals surface area contributed by atoms with Crippen LogP contribution in [-0.2, 0) is 9.53 Å². The lowest BCUT2D eigenvalue weighted by atomic mass is 9.94. The molecular weight excluding hydrogens is 252 g/mol. The average molecular weight is 276 g/mol. The highest BCUT2D eigenvalue weighted by Crippen LogP contribution is 2.28. The van der Waals surface area contributed by atoms with Gasteiger partial charge in [0.1, 0.15) is 6.04 Å². The first-order chi connectivity index (χ1) is 9.54. The molecule has 1 aromatic carbocycles. The summed E-state index contributed by atoms with van der Waals surface area (Å²) in [5.41, 5.74) is 4.70. The third-order valence-corrected chi connectivity index (χ3v) is 4.12. The number of nitrogens with zero attached hydrogens (tertiary/aromatic N) is 1. The maximum absolute atomic E-state index is 12.3. The number of esters is 1. The Balaban J connectivity index is 2.40. The fraction of sp³-hybridized carbons (Fsp3) is 0.562. The van der Waals surface area contributed by atoms with Crippen LogP contribution in [0.25, 0.3) is 0 Å². The second-order valence-electron chi connectivity index (χ2n) is 5.50. The number of carbonyl (C=O) groups is 1. The van der Waals surface area contributed by atoms with E-state index in [1.54, 1.807) is 0 Å². The summed E-state index contributed by atoms with van der Waals surface area (Å²) < 4.78 is 5.04. The van der Waals surface area contributed by atoms with Crippen LogP contribution in [0.4, 0.5) is 0 Å². The Morgan fingerprint density at radius 2 is 1.75 bits per heavy atom. The highest BCUT2D eigenvalue weighted by molar-refractivity contribution is 5.78. The summed E-state index contributed by atoms with van der Waals surface area (Å²) in [6.45, 7) is 9.82. The lowest BCUT2D eigenvalue weighted by Gasteiger charge is -2.34. The Kier molecular flexibility index (Phi) is 4.78. The van der Waals surface area contributed by atoms with Crippen LogP contribution in [0.1, 0.15) is 28.3 Å². The van der Waals surface area contributed by atoms with E-state index in [4.69, 9.17) is 4.74 Å². The molecule has 4 heteroatoms. The normalized spacial score (nSPS) is 17.8. The molecule has 110 valence electrons. The molecule has 2 rings (SSSR count). The van der Waals surface area contributed by atoms with Gasteiger partial charge in [0.25, 0.3) is 0 Å². The van der Waals surface area contributed by atoms with Gasteiger partial charge in [0.15, 0.2) is 0 Å². The largest absolute Gasteiger partial charge is 0.468 e. The molecule has 1 fully saturated rings. The van der Waals surface area contributed by atoms with Crippen LogP contribution in [0.3, 0.4) is 0 Å². The molecule has 4 nitrogen and oxygen atoms in total. The van der Waals surface area contributed by atoms with Crippen molar-refractivity contribution in [2.75, 3.05) is 33.3 Å². The van der Waals surface area contributed by atoms with E-state index in [9.17, 15) is 4.79 Å². The highest BCUT2D eigenvalue weighted by Gasteiger charge is 2.30. The minimum absolute atomic E-state index is 0.168. The Labute approximate surface area is 121 Å². The van der Waals surface area contributed by atoms with Crippen molar-refractivity contribution in [1.82, 2.24) is 10.2 Å². The second kappa shape index (κ2) is 6.37. The summed E-state index contributed by atoms with van der Waals surface area (Å²) in [5.74, 6) is -0.168. The van der Waals surface area contributed by atoms with Crippen LogP contribution < -0.4 is 5.32 Å². The number of piperazine rings is 1. The van der Waals surface area contributed by atoms with E-state index in [1.807, 2.05) is 0 Å². The molecule has 0 amide bonds. The molecule has 0 radical (unpaired) electrons. The quantitative estimate of drug-likeness (QED) is 0.854. The van der Waals surface area contributed by atoms with Gasteiger partial charge in [-0.15, -0.1) is 0 Å². The molecular formula is C16H24N2O2. The smallest absolute Gasteiger partial charge is 0.327 e. The lowest BCUT2D eigenvalue weighted by Crippen LogP contribution is -2.47. The van der Waals surface area contributed by atoms with Crippen molar-refractivity contribution in [2.24, 2.45) is 0 Å². The Bertz CT molecular complexity index is 493. The van der Waals surface area contributed by atoms with E-state index in [-0.39, 0.29) is 12.0 Å². The number of benzene rings is 1. The number of hydrogen-bond acceptors (Lipinski definition) is 4. The summed E-state index contributed by atoms with van der Waals surface area (Å²) in [6.07, 6.45) is 0. The monoisotopic (exact) mass is 276 g/mol. The van der Waals surface area contributed by atoms with E-state index >= 15 is 0 Å². The van der Waals surface area contributed by atoms with Crippen molar-refractivity contribution in [2.45, 2.75) is 26.8 Å². The molecule has 1 unspecified atom stereocenters. The van der Waals surface area contributed by atoms with Gasteiger partial charge in [-0.25, -0.2) is 4.79 Å². The van der Waals surface area contributed by atoms with Crippen LogP contribution in [0.5, 0.6) is 0 Å². The van der Waals surface area contributed by atoms with Gasteiger partial charge in [-0.3, -0.25) is 4.90 Å². The number of carbonyl (C=O) groups excluding carboxylic acids is 1. The minimum atomic E-state index is -0.290. The molecule has 1 aliphatic rings. The molecule has 1 saturated heterocycles. The maximum atomic E-state index is 12.3. The summed E-state index contributed by atoms with van der Waals surface area (Å²) in [6, 6.07) is 4.00. The third kappa shape index (κ3) is 3.02. The van der Waals surface area contributed by atoms with Gasteiger partial charge in [-0.05, 0) is 43.0 Å². The summed E-state index contributed by atoms with van der Waals surface area (Å²) in [5, 5.41) is 3.32. The molecule has 1 aliphatic heterocycles. The first-order valence-electron chi connectivity index (χ1n) is 7.15. The van der Waals surface area contributed by atoms with E-state index in [0.29, 0.717) is 0 Å². The summed E-state index contributed by atoms with van der Waals surface area (Å²) in [4.78, 5) is 14.5. The number of hydrogen-bond donors (Lipinski definition) is 1. The zero-order chi connectivity index (χ0) is 14.7. The SMILES string of the molecule is COC(=O)C(c1cc(C)c(C)cc1C)N1CCNCC1. The molecule has 0 aliphatic carbocycles. The van der Waals surface area contributed by atoms with E-state index in [2.05, 4.69) is 43.1 Å². The highest BCUT2D eigenvalue weighted by atomic mass is 16.5. The molecule has 1 heterocycles. The van der Waals surface area contributed by atoms with Crippen LogP contribution in [0.15, 0.2) is 12.1 Å². The van der Waals surface area contributed by atoms with Crippen molar-refractivity contribution in [3.63, 3.8) is 0 Å². The van der Waals surface area contributed by atoms with Crippen molar-refractivity contribution >= 4 is 5.97 Å². The van der Waals surface area contributed by atoms with Crippen LogP contribution >= 0.6 is 0 Å². The molecule has 0 aromatic heterocycles. The van der Waals surface area contributed by atoms with Crippen LogP contribution in [0, 0.1) is 20.8 Å². The fourth-order valence-electron chi connectivity index (χ4n) is 2.80. The first-order valence-corrected chi connectivity index (χ1v) is 7.15. The third-order valence-electron chi connectivity index (χ3n) is 4.12. The fourth-order valence-corrected chi connectivity index (χ4v) is 2.80. The predicted molar refractivity (Wildman–Crippen MR) is 79.9 cm³/mol. The zero-order valence-corrected chi connectivity index (χ0v) is 12.8. The molecule has 1 N–H and O–H groups in total. The van der Waals surface area contributed by atoms with Crippen molar-refractivity contribution in [1.29, 1.82) is 0 Å². The van der Waals surface area contributed by atoms with Crippen molar-refractivity contribution in [3.8, 4) is 0 Å². The van der Waals surface area contributed by atoms with E-state index < -0.39 is 0 Å². The number of methoxy groups -OCH3 is 1. The number of ether oxygens (including phenoxy) is 1. The maximum Gasteiger partial charge on any atom is 0.327 e. The van der Waals surface area contributed by atoms with Gasteiger partial charge in [0.05, 0.1) is 7.11 Å². The Morgan fingerprint density at radius 1 is 1.15 bits per heavy atom. The van der Waals surface area contributed by atoms with Gasteiger partial charge in [0.2, 0.25) is 0 Å². The molecule has 0 bridgehead atoms. The Morgan fingerprint density at radius 3 is 2.35 bits per heavy atom. The van der Waals surface area contributed by atoms with Gasteiger partial charge >= 0.3 is 5.97 Å².